The maximum absolute atomic E-state index is 13.5. The van der Waals surface area contributed by atoms with E-state index in [4.69, 9.17) is 5.84 Å². The Kier molecular flexibility index (Phi) is 2.91. The Bertz CT molecular complexity index is 397. The van der Waals surface area contributed by atoms with Crippen LogP contribution in [0, 0.1) is 17.6 Å². The van der Waals surface area contributed by atoms with E-state index in [2.05, 4.69) is 17.3 Å². The molecule has 4 nitrogen and oxygen atoms in total. The second kappa shape index (κ2) is 4.21. The number of rotatable bonds is 2. The SMILES string of the molecule is CC1CCN(c2nc(NN)c(F)cc2F)C1. The normalized spacial score (nSPS) is 20.2. The topological polar surface area (TPSA) is 54.2 Å². The van der Waals surface area contributed by atoms with Gasteiger partial charge in [-0.25, -0.2) is 19.6 Å². The molecule has 1 atom stereocenters. The van der Waals surface area contributed by atoms with Crippen molar-refractivity contribution >= 4 is 11.6 Å². The molecule has 1 saturated heterocycles. The first-order valence-corrected chi connectivity index (χ1v) is 5.19. The van der Waals surface area contributed by atoms with Crippen molar-refractivity contribution in [2.45, 2.75) is 13.3 Å². The van der Waals surface area contributed by atoms with E-state index >= 15 is 0 Å². The first-order valence-electron chi connectivity index (χ1n) is 5.19. The lowest BCUT2D eigenvalue weighted by molar-refractivity contribution is 0.572. The van der Waals surface area contributed by atoms with Gasteiger partial charge in [-0.3, -0.25) is 0 Å². The molecule has 2 heterocycles. The molecule has 0 radical (unpaired) electrons. The van der Waals surface area contributed by atoms with Crippen LogP contribution in [-0.4, -0.2) is 18.1 Å². The first kappa shape index (κ1) is 11.1. The Balaban J connectivity index is 2.33. The summed E-state index contributed by atoms with van der Waals surface area (Å²) < 4.78 is 26.7. The minimum atomic E-state index is -0.781. The van der Waals surface area contributed by atoms with Gasteiger partial charge in [-0.1, -0.05) is 6.92 Å². The van der Waals surface area contributed by atoms with Gasteiger partial charge in [0, 0.05) is 19.2 Å². The van der Waals surface area contributed by atoms with Crippen molar-refractivity contribution in [2.75, 3.05) is 23.4 Å². The Morgan fingerprint density at radius 2 is 2.25 bits per heavy atom. The molecule has 0 aliphatic carbocycles. The van der Waals surface area contributed by atoms with Crippen molar-refractivity contribution in [1.29, 1.82) is 0 Å². The Labute approximate surface area is 92.4 Å². The molecule has 1 aromatic rings. The number of halogens is 2. The highest BCUT2D eigenvalue weighted by atomic mass is 19.1. The molecule has 1 aromatic heterocycles. The molecule has 0 amide bonds. The largest absolute Gasteiger partial charge is 0.354 e. The molecule has 6 heteroatoms. The van der Waals surface area contributed by atoms with Crippen LogP contribution in [0.4, 0.5) is 20.4 Å². The van der Waals surface area contributed by atoms with Gasteiger partial charge in [0.1, 0.15) is 0 Å². The Hall–Kier alpha value is -1.43. The fourth-order valence-electron chi connectivity index (χ4n) is 1.91. The van der Waals surface area contributed by atoms with Crippen LogP contribution in [0.1, 0.15) is 13.3 Å². The summed E-state index contributed by atoms with van der Waals surface area (Å²) >= 11 is 0. The third kappa shape index (κ3) is 1.92. The summed E-state index contributed by atoms with van der Waals surface area (Å²) in [5.74, 6) is 4.21. The van der Waals surface area contributed by atoms with Gasteiger partial charge >= 0.3 is 0 Å². The fraction of sp³-hybridized carbons (Fsp3) is 0.500. The molecule has 0 spiro atoms. The van der Waals surface area contributed by atoms with E-state index in [1.165, 1.54) is 0 Å². The predicted molar refractivity (Wildman–Crippen MR) is 58.0 cm³/mol. The van der Waals surface area contributed by atoms with Crippen LogP contribution in [0.15, 0.2) is 6.07 Å². The highest BCUT2D eigenvalue weighted by Crippen LogP contribution is 2.26. The number of hydrazine groups is 1. The molecule has 0 bridgehead atoms. The number of nitrogen functional groups attached to an aromatic ring is 1. The summed E-state index contributed by atoms with van der Waals surface area (Å²) in [6.07, 6.45) is 0.990. The predicted octanol–water partition coefficient (Wildman–Crippen LogP) is 1.49. The maximum Gasteiger partial charge on any atom is 0.178 e. The molecule has 0 saturated carbocycles. The molecule has 3 N–H and O–H groups in total. The van der Waals surface area contributed by atoms with Gasteiger partial charge in [0.2, 0.25) is 0 Å². The highest BCUT2D eigenvalue weighted by Gasteiger charge is 2.23. The van der Waals surface area contributed by atoms with Crippen molar-refractivity contribution < 1.29 is 8.78 Å². The molecule has 1 unspecified atom stereocenters. The summed E-state index contributed by atoms with van der Waals surface area (Å²) in [5, 5.41) is 0. The minimum absolute atomic E-state index is 0.129. The number of nitrogens with one attached hydrogen (secondary N) is 1. The lowest BCUT2D eigenvalue weighted by atomic mass is 10.2. The van der Waals surface area contributed by atoms with Gasteiger partial charge in [0.05, 0.1) is 0 Å². The van der Waals surface area contributed by atoms with Crippen LogP contribution in [-0.2, 0) is 0 Å². The van der Waals surface area contributed by atoms with Crippen molar-refractivity contribution in [3.63, 3.8) is 0 Å². The van der Waals surface area contributed by atoms with Crippen LogP contribution in [0.2, 0.25) is 0 Å². The zero-order chi connectivity index (χ0) is 11.7. The van der Waals surface area contributed by atoms with Gasteiger partial charge < -0.3 is 10.3 Å². The second-order valence-electron chi connectivity index (χ2n) is 4.11. The number of nitrogens with zero attached hydrogens (tertiary/aromatic N) is 2. The Morgan fingerprint density at radius 3 is 2.81 bits per heavy atom. The molecule has 1 aliphatic rings. The molecule has 16 heavy (non-hydrogen) atoms. The quantitative estimate of drug-likeness (QED) is 0.595. The molecular formula is C10H14F2N4. The smallest absolute Gasteiger partial charge is 0.178 e. The summed E-state index contributed by atoms with van der Waals surface area (Å²) in [6, 6.07) is 0.806. The lowest BCUT2D eigenvalue weighted by Crippen LogP contribution is -2.23. The molecular weight excluding hydrogens is 214 g/mol. The highest BCUT2D eigenvalue weighted by molar-refractivity contribution is 5.49. The summed E-state index contributed by atoms with van der Waals surface area (Å²) in [4.78, 5) is 5.65. The van der Waals surface area contributed by atoms with Crippen LogP contribution in [0.25, 0.3) is 0 Å². The molecule has 2 rings (SSSR count). The number of aromatic nitrogens is 1. The average Bonchev–Trinajstić information content (AvgIpc) is 2.65. The van der Waals surface area contributed by atoms with E-state index in [1.54, 1.807) is 4.90 Å². The van der Waals surface area contributed by atoms with Gasteiger partial charge in [-0.05, 0) is 12.3 Å². The zero-order valence-electron chi connectivity index (χ0n) is 9.00. The second-order valence-corrected chi connectivity index (χ2v) is 4.11. The van der Waals surface area contributed by atoms with Crippen LogP contribution >= 0.6 is 0 Å². The monoisotopic (exact) mass is 228 g/mol. The van der Waals surface area contributed by atoms with Gasteiger partial charge in [0.15, 0.2) is 23.3 Å². The standard InChI is InChI=1S/C10H14F2N4/c1-6-2-3-16(5-6)10-8(12)4-7(11)9(14-10)15-13/h4,6H,2-3,5,13H2,1H3,(H,14,15). The van der Waals surface area contributed by atoms with Crippen molar-refractivity contribution in [3.05, 3.63) is 17.7 Å². The molecule has 1 fully saturated rings. The number of anilines is 2. The van der Waals surface area contributed by atoms with Crippen molar-refractivity contribution in [1.82, 2.24) is 4.98 Å². The molecule has 1 aliphatic heterocycles. The van der Waals surface area contributed by atoms with Gasteiger partial charge in [-0.2, -0.15) is 0 Å². The minimum Gasteiger partial charge on any atom is -0.354 e. The first-order chi connectivity index (χ1) is 7.61. The van der Waals surface area contributed by atoms with Crippen molar-refractivity contribution in [3.8, 4) is 0 Å². The zero-order valence-corrected chi connectivity index (χ0v) is 9.00. The summed E-state index contributed by atoms with van der Waals surface area (Å²) in [6.45, 7) is 3.56. The number of hydrogen-bond donors (Lipinski definition) is 2. The van der Waals surface area contributed by atoms with E-state index in [0.29, 0.717) is 5.92 Å². The number of hydrogen-bond acceptors (Lipinski definition) is 4. The van der Waals surface area contributed by atoms with Crippen LogP contribution < -0.4 is 16.2 Å². The van der Waals surface area contributed by atoms with Crippen LogP contribution in [0.3, 0.4) is 0 Å². The van der Waals surface area contributed by atoms with E-state index in [9.17, 15) is 8.78 Å². The third-order valence-electron chi connectivity index (χ3n) is 2.77. The van der Waals surface area contributed by atoms with Crippen LogP contribution in [0.5, 0.6) is 0 Å². The maximum atomic E-state index is 13.5. The van der Waals surface area contributed by atoms with E-state index in [0.717, 1.165) is 25.6 Å². The fourth-order valence-corrected chi connectivity index (χ4v) is 1.91. The van der Waals surface area contributed by atoms with E-state index < -0.39 is 11.6 Å². The molecule has 88 valence electrons. The van der Waals surface area contributed by atoms with E-state index in [1.807, 2.05) is 0 Å². The molecule has 0 aromatic carbocycles. The lowest BCUT2D eigenvalue weighted by Gasteiger charge is -2.18. The Morgan fingerprint density at radius 1 is 1.50 bits per heavy atom. The third-order valence-corrected chi connectivity index (χ3v) is 2.77. The summed E-state index contributed by atoms with van der Waals surface area (Å²) in [7, 11) is 0. The van der Waals surface area contributed by atoms with Gasteiger partial charge in [0.25, 0.3) is 0 Å². The van der Waals surface area contributed by atoms with Gasteiger partial charge in [-0.15, -0.1) is 0 Å². The van der Waals surface area contributed by atoms with E-state index in [-0.39, 0.29) is 11.6 Å². The number of nitrogens with two attached hydrogens (primary N) is 1. The summed E-state index contributed by atoms with van der Waals surface area (Å²) in [5.41, 5.74) is 2.12. The number of pyridine rings is 1. The van der Waals surface area contributed by atoms with Crippen molar-refractivity contribution in [2.24, 2.45) is 11.8 Å². The average molecular weight is 228 g/mol.